The second kappa shape index (κ2) is 9.19. The molecule has 0 bridgehead atoms. The Hall–Kier alpha value is -3.72. The number of imide groups is 2. The van der Waals surface area contributed by atoms with Gasteiger partial charge in [-0.2, -0.15) is 0 Å². The van der Waals surface area contributed by atoms with E-state index in [4.69, 9.17) is 4.74 Å². The fraction of sp³-hybridized carbons (Fsp3) is 0.0870. The van der Waals surface area contributed by atoms with Crippen LogP contribution in [0, 0.1) is 5.82 Å². The van der Waals surface area contributed by atoms with E-state index in [-0.39, 0.29) is 11.3 Å². The molecule has 4 amide bonds. The molecule has 0 spiro atoms. The summed E-state index contributed by atoms with van der Waals surface area (Å²) >= 11 is 3.37. The van der Waals surface area contributed by atoms with E-state index in [1.54, 1.807) is 18.3 Å². The van der Waals surface area contributed by atoms with E-state index in [0.29, 0.717) is 18.8 Å². The van der Waals surface area contributed by atoms with Crippen molar-refractivity contribution < 1.29 is 23.5 Å². The normalized spacial score (nSPS) is 15.2. The fourth-order valence-electron chi connectivity index (χ4n) is 3.18. The summed E-state index contributed by atoms with van der Waals surface area (Å²) in [6, 6.07) is 14.9. The van der Waals surface area contributed by atoms with Crippen molar-refractivity contribution in [3.05, 3.63) is 88.4 Å². The van der Waals surface area contributed by atoms with E-state index < -0.39 is 23.7 Å². The number of barbiturate groups is 1. The number of nitrogens with zero attached hydrogens (tertiary/aromatic N) is 2. The summed E-state index contributed by atoms with van der Waals surface area (Å²) in [6.07, 6.45) is 3.21. The third-order valence-electron chi connectivity index (χ3n) is 4.76. The van der Waals surface area contributed by atoms with Crippen LogP contribution in [0.5, 0.6) is 5.75 Å². The first kappa shape index (κ1) is 21.5. The quantitative estimate of drug-likeness (QED) is 0.410. The van der Waals surface area contributed by atoms with Gasteiger partial charge in [0.1, 0.15) is 23.7 Å². The molecular weight excluding hydrogens is 481 g/mol. The summed E-state index contributed by atoms with van der Waals surface area (Å²) in [6.45, 7) is 0.839. The van der Waals surface area contributed by atoms with Gasteiger partial charge in [0, 0.05) is 16.4 Å². The molecule has 1 aliphatic heterocycles. The lowest BCUT2D eigenvalue weighted by Crippen LogP contribution is -2.54. The summed E-state index contributed by atoms with van der Waals surface area (Å²) in [5.41, 5.74) is 0.546. The molecule has 0 aliphatic carbocycles. The maximum Gasteiger partial charge on any atom is 0.335 e. The van der Waals surface area contributed by atoms with Crippen LogP contribution in [-0.2, 0) is 16.1 Å². The molecule has 0 atom stereocenters. The molecule has 32 heavy (non-hydrogen) atoms. The second-order valence-corrected chi connectivity index (χ2v) is 7.78. The van der Waals surface area contributed by atoms with Crippen molar-refractivity contribution in [3.63, 3.8) is 0 Å². The summed E-state index contributed by atoms with van der Waals surface area (Å²) < 4.78 is 21.7. The third kappa shape index (κ3) is 4.62. The molecule has 162 valence electrons. The van der Waals surface area contributed by atoms with Crippen molar-refractivity contribution in [3.8, 4) is 5.75 Å². The lowest BCUT2D eigenvalue weighted by Gasteiger charge is -2.26. The van der Waals surface area contributed by atoms with Crippen molar-refractivity contribution in [2.45, 2.75) is 6.54 Å². The van der Waals surface area contributed by atoms with Crippen LogP contribution >= 0.6 is 15.9 Å². The molecule has 0 saturated carbocycles. The van der Waals surface area contributed by atoms with Gasteiger partial charge in [-0.3, -0.25) is 14.9 Å². The molecule has 3 aromatic rings. The molecule has 1 fully saturated rings. The number of aromatic nitrogens is 1. The minimum Gasteiger partial charge on any atom is -0.492 e. The predicted molar refractivity (Wildman–Crippen MR) is 119 cm³/mol. The highest BCUT2D eigenvalue weighted by atomic mass is 79.9. The first-order valence-electron chi connectivity index (χ1n) is 9.63. The monoisotopic (exact) mass is 497 g/mol. The van der Waals surface area contributed by atoms with Crippen molar-refractivity contribution in [1.82, 2.24) is 9.88 Å². The van der Waals surface area contributed by atoms with E-state index in [1.807, 2.05) is 28.8 Å². The van der Waals surface area contributed by atoms with Crippen molar-refractivity contribution >= 4 is 45.5 Å². The summed E-state index contributed by atoms with van der Waals surface area (Å²) in [4.78, 5) is 38.3. The minimum absolute atomic E-state index is 0.158. The zero-order chi connectivity index (χ0) is 22.7. The number of benzene rings is 2. The van der Waals surface area contributed by atoms with Gasteiger partial charge in [0.2, 0.25) is 0 Å². The average Bonchev–Trinajstić information content (AvgIpc) is 3.21. The Morgan fingerprint density at radius 1 is 1.00 bits per heavy atom. The third-order valence-corrected chi connectivity index (χ3v) is 5.29. The van der Waals surface area contributed by atoms with Gasteiger partial charge < -0.3 is 9.30 Å². The highest BCUT2D eigenvalue weighted by Gasteiger charge is 2.36. The number of carbonyl (C=O) groups is 3. The van der Waals surface area contributed by atoms with Crippen molar-refractivity contribution in [2.75, 3.05) is 11.5 Å². The van der Waals surface area contributed by atoms with Gasteiger partial charge in [-0.25, -0.2) is 14.1 Å². The highest BCUT2D eigenvalue weighted by molar-refractivity contribution is 9.10. The Bertz CT molecular complexity index is 1200. The van der Waals surface area contributed by atoms with Crippen molar-refractivity contribution in [1.29, 1.82) is 0 Å². The number of hydrogen-bond donors (Lipinski definition) is 1. The van der Waals surface area contributed by atoms with Gasteiger partial charge in [0.05, 0.1) is 12.2 Å². The summed E-state index contributed by atoms with van der Waals surface area (Å²) in [5, 5.41) is 2.15. The zero-order valence-corrected chi connectivity index (χ0v) is 18.2. The van der Waals surface area contributed by atoms with Crippen LogP contribution in [0.2, 0.25) is 0 Å². The second-order valence-electron chi connectivity index (χ2n) is 6.86. The minimum atomic E-state index is -0.887. The van der Waals surface area contributed by atoms with Crippen LogP contribution in [0.1, 0.15) is 5.69 Å². The molecule has 1 aromatic heterocycles. The molecule has 2 aromatic carbocycles. The molecule has 0 unspecified atom stereocenters. The van der Waals surface area contributed by atoms with Crippen LogP contribution in [0.25, 0.3) is 6.08 Å². The zero-order valence-electron chi connectivity index (χ0n) is 16.6. The molecular formula is C23H17BrFN3O4. The Labute approximate surface area is 191 Å². The number of anilines is 1. The molecule has 4 rings (SSSR count). The van der Waals surface area contributed by atoms with Gasteiger partial charge >= 0.3 is 6.03 Å². The Morgan fingerprint density at radius 2 is 1.72 bits per heavy atom. The largest absolute Gasteiger partial charge is 0.492 e. The lowest BCUT2D eigenvalue weighted by molar-refractivity contribution is -0.122. The van der Waals surface area contributed by atoms with Crippen LogP contribution in [0.3, 0.4) is 0 Å². The maximum atomic E-state index is 13.2. The topological polar surface area (TPSA) is 80.6 Å². The van der Waals surface area contributed by atoms with Gasteiger partial charge in [-0.05, 0) is 66.7 Å². The number of hydrogen-bond acceptors (Lipinski definition) is 4. The smallest absolute Gasteiger partial charge is 0.335 e. The molecule has 9 heteroatoms. The molecule has 0 radical (unpaired) electrons. The van der Waals surface area contributed by atoms with Crippen LogP contribution < -0.4 is 15.0 Å². The molecule has 1 aliphatic rings. The Morgan fingerprint density at radius 3 is 2.44 bits per heavy atom. The SMILES string of the molecule is O=C1NC(=O)N(c2ccc(F)cc2)C(=O)C1=Cc1cccn1CCOc1ccc(Br)cc1. The van der Waals surface area contributed by atoms with Gasteiger partial charge in [0.25, 0.3) is 11.8 Å². The fourth-order valence-corrected chi connectivity index (χ4v) is 3.45. The average molecular weight is 498 g/mol. The van der Waals surface area contributed by atoms with Gasteiger partial charge in [-0.1, -0.05) is 15.9 Å². The van der Waals surface area contributed by atoms with E-state index in [1.165, 1.54) is 18.2 Å². The number of rotatable bonds is 6. The van der Waals surface area contributed by atoms with Gasteiger partial charge in [-0.15, -0.1) is 0 Å². The number of halogens is 2. The number of carbonyl (C=O) groups excluding carboxylic acids is 3. The summed E-state index contributed by atoms with van der Waals surface area (Å²) in [7, 11) is 0. The van der Waals surface area contributed by atoms with E-state index in [9.17, 15) is 18.8 Å². The standard InChI is InChI=1S/C23H17BrFN3O4/c24-15-3-9-19(10-4-15)32-13-12-27-11-1-2-18(27)14-20-21(29)26-23(31)28(22(20)30)17-7-5-16(25)6-8-17/h1-11,14H,12-13H2,(H,26,29,31). The van der Waals surface area contributed by atoms with E-state index >= 15 is 0 Å². The Kier molecular flexibility index (Phi) is 6.18. The molecule has 7 nitrogen and oxygen atoms in total. The van der Waals surface area contributed by atoms with E-state index in [2.05, 4.69) is 21.2 Å². The Balaban J connectivity index is 1.52. The summed E-state index contributed by atoms with van der Waals surface area (Å²) in [5.74, 6) is -1.37. The number of nitrogens with one attached hydrogen (secondary N) is 1. The van der Waals surface area contributed by atoms with Gasteiger partial charge in [0.15, 0.2) is 0 Å². The number of urea groups is 1. The maximum absolute atomic E-state index is 13.2. The van der Waals surface area contributed by atoms with Crippen LogP contribution in [0.15, 0.2) is 76.9 Å². The predicted octanol–water partition coefficient (Wildman–Crippen LogP) is 4.14. The number of ether oxygens (including phenoxy) is 1. The number of amides is 4. The molecule has 1 N–H and O–H groups in total. The van der Waals surface area contributed by atoms with Crippen LogP contribution in [-0.4, -0.2) is 29.0 Å². The highest BCUT2D eigenvalue weighted by Crippen LogP contribution is 2.22. The molecule has 1 saturated heterocycles. The first-order chi connectivity index (χ1) is 15.4. The van der Waals surface area contributed by atoms with E-state index in [0.717, 1.165) is 27.3 Å². The lowest BCUT2D eigenvalue weighted by atomic mass is 10.1. The first-order valence-corrected chi connectivity index (χ1v) is 10.4. The van der Waals surface area contributed by atoms with Crippen molar-refractivity contribution in [2.24, 2.45) is 0 Å². The van der Waals surface area contributed by atoms with Crippen LogP contribution in [0.4, 0.5) is 14.9 Å². The molecule has 2 heterocycles.